The molecule has 2 aliphatic rings. The van der Waals surface area contributed by atoms with Gasteiger partial charge in [0.05, 0.1) is 18.1 Å². The van der Waals surface area contributed by atoms with Crippen LogP contribution in [0.3, 0.4) is 0 Å². The lowest BCUT2D eigenvalue weighted by molar-refractivity contribution is -0.145. The maximum absolute atomic E-state index is 12.5. The van der Waals surface area contributed by atoms with E-state index in [0.29, 0.717) is 5.69 Å². The van der Waals surface area contributed by atoms with Gasteiger partial charge >= 0.3 is 5.97 Å². The zero-order chi connectivity index (χ0) is 16.4. The Bertz CT molecular complexity index is 622. The van der Waals surface area contributed by atoms with Gasteiger partial charge in [-0.05, 0) is 30.5 Å². The first kappa shape index (κ1) is 15.7. The van der Waals surface area contributed by atoms with Gasteiger partial charge in [-0.2, -0.15) is 0 Å². The van der Waals surface area contributed by atoms with Gasteiger partial charge in [0, 0.05) is 5.69 Å². The number of ether oxygens (including phenoxy) is 1. The van der Waals surface area contributed by atoms with E-state index in [1.807, 2.05) is 24.3 Å². The van der Waals surface area contributed by atoms with E-state index in [1.165, 1.54) is 5.56 Å². The first-order valence-corrected chi connectivity index (χ1v) is 8.06. The summed E-state index contributed by atoms with van der Waals surface area (Å²) < 4.78 is 5.53. The predicted octanol–water partition coefficient (Wildman–Crippen LogP) is 2.62. The molecule has 2 heterocycles. The highest BCUT2D eigenvalue weighted by Crippen LogP contribution is 2.39. The smallest absolute Gasteiger partial charge is 0.310 e. The average Bonchev–Trinajstić information content (AvgIpc) is 3.15. The number of amides is 1. The minimum atomic E-state index is -0.989. The summed E-state index contributed by atoms with van der Waals surface area (Å²) in [6.45, 7) is 2.15. The van der Waals surface area contributed by atoms with Crippen LogP contribution in [0.25, 0.3) is 0 Å². The second kappa shape index (κ2) is 6.54. The van der Waals surface area contributed by atoms with Gasteiger partial charge in [-0.3, -0.25) is 9.59 Å². The van der Waals surface area contributed by atoms with Crippen molar-refractivity contribution in [1.82, 2.24) is 0 Å². The van der Waals surface area contributed by atoms with Crippen LogP contribution in [0.1, 0.15) is 25.3 Å². The van der Waals surface area contributed by atoms with Crippen molar-refractivity contribution in [3.63, 3.8) is 0 Å². The van der Waals surface area contributed by atoms with E-state index in [1.54, 1.807) is 12.2 Å². The minimum Gasteiger partial charge on any atom is -0.481 e. The van der Waals surface area contributed by atoms with Crippen molar-refractivity contribution in [3.8, 4) is 0 Å². The summed E-state index contributed by atoms with van der Waals surface area (Å²) in [5.74, 6) is -2.77. The molecular formula is C18H21NO4. The molecule has 5 heteroatoms. The highest BCUT2D eigenvalue weighted by Gasteiger charge is 2.53. The first-order valence-electron chi connectivity index (χ1n) is 8.06. The Kier molecular flexibility index (Phi) is 4.48. The number of hydrogen-bond acceptors (Lipinski definition) is 3. The number of hydrogen-bond donors (Lipinski definition) is 2. The van der Waals surface area contributed by atoms with Gasteiger partial charge in [0.25, 0.3) is 0 Å². The molecule has 1 aromatic carbocycles. The number of anilines is 1. The number of fused-ring (bicyclic) bond motifs is 2. The number of nitrogens with one attached hydrogen (secondary N) is 1. The normalized spacial score (nSPS) is 28.0. The van der Waals surface area contributed by atoms with Gasteiger partial charge in [0.1, 0.15) is 5.92 Å². The molecule has 0 aromatic heterocycles. The Hall–Kier alpha value is -2.14. The largest absolute Gasteiger partial charge is 0.481 e. The van der Waals surface area contributed by atoms with Gasteiger partial charge in [0.2, 0.25) is 5.91 Å². The number of aryl methyl sites for hydroxylation is 1. The zero-order valence-electron chi connectivity index (χ0n) is 13.1. The molecule has 0 saturated carbocycles. The van der Waals surface area contributed by atoms with Crippen molar-refractivity contribution >= 4 is 17.6 Å². The average molecular weight is 315 g/mol. The quantitative estimate of drug-likeness (QED) is 0.791. The Morgan fingerprint density at radius 3 is 2.39 bits per heavy atom. The third kappa shape index (κ3) is 3.15. The standard InChI is InChI=1S/C18H21NO4/c1-2-3-4-11-5-7-12(8-6-11)19-17(20)15-13-9-10-14(23-13)16(15)18(21)22/h5-10,13-16H,2-4H2,1H3,(H,19,20)(H,21,22)/t13-,14-,15-,16+/m1/s1. The fraction of sp³-hybridized carbons (Fsp3) is 0.444. The van der Waals surface area contributed by atoms with Gasteiger partial charge < -0.3 is 15.2 Å². The van der Waals surface area contributed by atoms with Crippen LogP contribution in [-0.2, 0) is 20.7 Å². The molecule has 0 unspecified atom stereocenters. The van der Waals surface area contributed by atoms with Gasteiger partial charge in [0.15, 0.2) is 0 Å². The number of aliphatic carboxylic acids is 1. The SMILES string of the molecule is CCCCc1ccc(NC(=O)[C@H]2[C@@H](C(=O)O)[C@H]3C=C[C@H]2O3)cc1. The Balaban J connectivity index is 1.67. The highest BCUT2D eigenvalue weighted by atomic mass is 16.5. The van der Waals surface area contributed by atoms with Crippen molar-refractivity contribution in [2.24, 2.45) is 11.8 Å². The minimum absolute atomic E-state index is 0.296. The molecule has 2 N–H and O–H groups in total. The van der Waals surface area contributed by atoms with E-state index in [0.717, 1.165) is 19.3 Å². The van der Waals surface area contributed by atoms with Crippen LogP contribution in [0.2, 0.25) is 0 Å². The van der Waals surface area contributed by atoms with Crippen molar-refractivity contribution in [2.75, 3.05) is 5.32 Å². The fourth-order valence-electron chi connectivity index (χ4n) is 3.28. The van der Waals surface area contributed by atoms with Crippen LogP contribution in [0, 0.1) is 11.8 Å². The van der Waals surface area contributed by atoms with Crippen LogP contribution in [0.4, 0.5) is 5.69 Å². The maximum Gasteiger partial charge on any atom is 0.310 e. The summed E-state index contributed by atoms with van der Waals surface area (Å²) in [4.78, 5) is 23.9. The van der Waals surface area contributed by atoms with Gasteiger partial charge in [-0.25, -0.2) is 0 Å². The van der Waals surface area contributed by atoms with Crippen LogP contribution >= 0.6 is 0 Å². The van der Waals surface area contributed by atoms with E-state index < -0.39 is 30.0 Å². The maximum atomic E-state index is 12.5. The Labute approximate surface area is 135 Å². The number of rotatable bonds is 6. The fourth-order valence-corrected chi connectivity index (χ4v) is 3.28. The second-order valence-corrected chi connectivity index (χ2v) is 6.13. The molecule has 122 valence electrons. The summed E-state index contributed by atoms with van der Waals surface area (Å²) in [7, 11) is 0. The predicted molar refractivity (Wildman–Crippen MR) is 86.1 cm³/mol. The number of benzene rings is 1. The molecule has 5 nitrogen and oxygen atoms in total. The van der Waals surface area contributed by atoms with Crippen LogP contribution in [0.15, 0.2) is 36.4 Å². The number of carbonyl (C=O) groups is 2. The summed E-state index contributed by atoms with van der Waals surface area (Å²) in [5, 5.41) is 12.2. The molecule has 1 fully saturated rings. The topological polar surface area (TPSA) is 75.6 Å². The molecule has 1 aromatic rings. The molecule has 2 bridgehead atoms. The van der Waals surface area contributed by atoms with Crippen LogP contribution < -0.4 is 5.32 Å². The lowest BCUT2D eigenvalue weighted by Gasteiger charge is -2.21. The Morgan fingerprint density at radius 1 is 1.13 bits per heavy atom. The molecule has 0 spiro atoms. The highest BCUT2D eigenvalue weighted by molar-refractivity contribution is 5.96. The summed E-state index contributed by atoms with van der Waals surface area (Å²) in [6, 6.07) is 7.72. The van der Waals surface area contributed by atoms with Crippen molar-refractivity contribution < 1.29 is 19.4 Å². The molecule has 2 aliphatic heterocycles. The molecular weight excluding hydrogens is 294 g/mol. The molecule has 1 amide bonds. The summed E-state index contributed by atoms with van der Waals surface area (Å²) in [6.07, 6.45) is 5.89. The molecule has 0 aliphatic carbocycles. The van der Waals surface area contributed by atoms with Crippen LogP contribution in [0.5, 0.6) is 0 Å². The lowest BCUT2D eigenvalue weighted by Crippen LogP contribution is -2.39. The van der Waals surface area contributed by atoms with E-state index in [9.17, 15) is 14.7 Å². The summed E-state index contributed by atoms with van der Waals surface area (Å²) in [5.41, 5.74) is 1.92. The lowest BCUT2D eigenvalue weighted by atomic mass is 9.82. The summed E-state index contributed by atoms with van der Waals surface area (Å²) >= 11 is 0. The second-order valence-electron chi connectivity index (χ2n) is 6.13. The number of unbranched alkanes of at least 4 members (excludes halogenated alkanes) is 1. The molecule has 3 rings (SSSR count). The molecule has 1 saturated heterocycles. The van der Waals surface area contributed by atoms with E-state index >= 15 is 0 Å². The van der Waals surface area contributed by atoms with Crippen molar-refractivity contribution in [1.29, 1.82) is 0 Å². The van der Waals surface area contributed by atoms with Crippen LogP contribution in [-0.4, -0.2) is 29.2 Å². The van der Waals surface area contributed by atoms with Crippen molar-refractivity contribution in [3.05, 3.63) is 42.0 Å². The number of carboxylic acids is 1. The third-order valence-electron chi connectivity index (χ3n) is 4.53. The molecule has 4 atom stereocenters. The van der Waals surface area contributed by atoms with E-state index in [2.05, 4.69) is 12.2 Å². The van der Waals surface area contributed by atoms with Crippen molar-refractivity contribution in [2.45, 2.75) is 38.4 Å². The molecule has 23 heavy (non-hydrogen) atoms. The molecule has 0 radical (unpaired) electrons. The zero-order valence-corrected chi connectivity index (χ0v) is 13.1. The first-order chi connectivity index (χ1) is 11.1. The van der Waals surface area contributed by atoms with Gasteiger partial charge in [-0.15, -0.1) is 0 Å². The monoisotopic (exact) mass is 315 g/mol. The number of carboxylic acid groups (broad SMARTS) is 1. The Morgan fingerprint density at radius 2 is 1.78 bits per heavy atom. The third-order valence-corrected chi connectivity index (χ3v) is 4.53. The van der Waals surface area contributed by atoms with Gasteiger partial charge in [-0.1, -0.05) is 37.6 Å². The number of carbonyl (C=O) groups excluding carboxylic acids is 1. The van der Waals surface area contributed by atoms with E-state index in [4.69, 9.17) is 4.74 Å². The van der Waals surface area contributed by atoms with E-state index in [-0.39, 0.29) is 5.91 Å².